The molecule has 1 aromatic rings. The van der Waals surface area contributed by atoms with Crippen molar-refractivity contribution in [3.05, 3.63) is 35.9 Å². The van der Waals surface area contributed by atoms with Crippen LogP contribution in [0.4, 0.5) is 0 Å². The topological polar surface area (TPSA) is 29.5 Å². The van der Waals surface area contributed by atoms with E-state index in [1.54, 1.807) is 0 Å². The van der Waals surface area contributed by atoms with Crippen LogP contribution in [0.1, 0.15) is 31.2 Å². The Morgan fingerprint density at radius 1 is 1.19 bits per heavy atom. The van der Waals surface area contributed by atoms with E-state index in [0.717, 1.165) is 45.3 Å². The fraction of sp³-hybridized carbons (Fsp3) is 0.611. The summed E-state index contributed by atoms with van der Waals surface area (Å²) in [4.78, 5) is 14.9. The summed E-state index contributed by atoms with van der Waals surface area (Å²) in [6, 6.07) is 11.3. The molecule has 21 heavy (non-hydrogen) atoms. The third-order valence-corrected chi connectivity index (χ3v) is 5.07. The Hall–Kier alpha value is -1.19. The smallest absolute Gasteiger partial charge is 0.136 e. The highest BCUT2D eigenvalue weighted by Gasteiger charge is 2.38. The van der Waals surface area contributed by atoms with Gasteiger partial charge in [-0.3, -0.25) is 9.69 Å². The number of aryl methyl sites for hydroxylation is 1. The number of hydrogen-bond acceptors (Lipinski definition) is 3. The zero-order chi connectivity index (χ0) is 14.7. The molecule has 2 aliphatic rings. The van der Waals surface area contributed by atoms with Gasteiger partial charge in [-0.15, -0.1) is 0 Å². The number of ether oxygens (including phenoxy) is 1. The molecule has 2 unspecified atom stereocenters. The Kier molecular flexibility index (Phi) is 4.71. The second-order valence-electron chi connectivity index (χ2n) is 6.48. The van der Waals surface area contributed by atoms with Crippen LogP contribution in [0.5, 0.6) is 0 Å². The Labute approximate surface area is 127 Å². The number of hydrogen-bond donors (Lipinski definition) is 0. The van der Waals surface area contributed by atoms with Crippen molar-refractivity contribution >= 4 is 5.78 Å². The molecule has 0 radical (unpaired) electrons. The first kappa shape index (κ1) is 14.7. The first-order valence-electron chi connectivity index (χ1n) is 8.10. The van der Waals surface area contributed by atoms with Crippen LogP contribution in [0.3, 0.4) is 0 Å². The van der Waals surface area contributed by atoms with Crippen LogP contribution in [-0.4, -0.2) is 43.0 Å². The average molecular weight is 287 g/mol. The SMILES string of the molecule is CN1C2COCC1CC(C(=O)CCCc1ccccc1)C2. The van der Waals surface area contributed by atoms with E-state index in [-0.39, 0.29) is 5.92 Å². The van der Waals surface area contributed by atoms with Crippen molar-refractivity contribution in [3.8, 4) is 0 Å². The van der Waals surface area contributed by atoms with Crippen LogP contribution in [0.15, 0.2) is 30.3 Å². The first-order valence-corrected chi connectivity index (χ1v) is 8.10. The minimum absolute atomic E-state index is 0.260. The molecule has 114 valence electrons. The number of carbonyl (C=O) groups excluding carboxylic acids is 1. The molecule has 1 aromatic carbocycles. The van der Waals surface area contributed by atoms with E-state index in [4.69, 9.17) is 4.74 Å². The molecule has 0 aromatic heterocycles. The normalized spacial score (nSPS) is 29.3. The second-order valence-corrected chi connectivity index (χ2v) is 6.48. The molecule has 2 atom stereocenters. The lowest BCUT2D eigenvalue weighted by Gasteiger charge is -2.46. The van der Waals surface area contributed by atoms with Crippen LogP contribution in [-0.2, 0) is 16.0 Å². The zero-order valence-electron chi connectivity index (χ0n) is 12.8. The quantitative estimate of drug-likeness (QED) is 0.834. The van der Waals surface area contributed by atoms with E-state index in [1.165, 1.54) is 5.56 Å². The van der Waals surface area contributed by atoms with Crippen LogP contribution >= 0.6 is 0 Å². The lowest BCUT2D eigenvalue weighted by Crippen LogP contribution is -2.55. The summed E-state index contributed by atoms with van der Waals surface area (Å²) >= 11 is 0. The fourth-order valence-corrected chi connectivity index (χ4v) is 3.67. The van der Waals surface area contributed by atoms with Gasteiger partial charge in [0.25, 0.3) is 0 Å². The van der Waals surface area contributed by atoms with Gasteiger partial charge in [-0.25, -0.2) is 0 Å². The van der Waals surface area contributed by atoms with E-state index in [9.17, 15) is 4.79 Å². The van der Waals surface area contributed by atoms with Crippen LogP contribution in [0.2, 0.25) is 0 Å². The van der Waals surface area contributed by atoms with E-state index in [2.05, 4.69) is 36.2 Å². The molecule has 0 spiro atoms. The lowest BCUT2D eigenvalue weighted by atomic mass is 9.81. The highest BCUT2D eigenvalue weighted by atomic mass is 16.5. The van der Waals surface area contributed by atoms with Gasteiger partial charge in [-0.1, -0.05) is 30.3 Å². The van der Waals surface area contributed by atoms with E-state index in [0.29, 0.717) is 17.9 Å². The van der Waals surface area contributed by atoms with E-state index < -0.39 is 0 Å². The van der Waals surface area contributed by atoms with Crippen molar-refractivity contribution in [2.24, 2.45) is 5.92 Å². The van der Waals surface area contributed by atoms with E-state index in [1.807, 2.05) is 6.07 Å². The van der Waals surface area contributed by atoms with Gasteiger partial charge < -0.3 is 4.74 Å². The van der Waals surface area contributed by atoms with Crippen molar-refractivity contribution in [2.45, 2.75) is 44.2 Å². The highest BCUT2D eigenvalue weighted by molar-refractivity contribution is 5.81. The maximum absolute atomic E-state index is 12.5. The van der Waals surface area contributed by atoms with Gasteiger partial charge in [0, 0.05) is 24.4 Å². The van der Waals surface area contributed by atoms with E-state index >= 15 is 0 Å². The average Bonchev–Trinajstić information content (AvgIpc) is 2.48. The summed E-state index contributed by atoms with van der Waals surface area (Å²) in [6.45, 7) is 1.58. The molecule has 0 amide bonds. The monoisotopic (exact) mass is 287 g/mol. The molecule has 2 heterocycles. The largest absolute Gasteiger partial charge is 0.378 e. The number of morpholine rings is 1. The summed E-state index contributed by atoms with van der Waals surface area (Å²) in [5, 5.41) is 0. The summed E-state index contributed by atoms with van der Waals surface area (Å²) in [7, 11) is 2.17. The third-order valence-electron chi connectivity index (χ3n) is 5.07. The maximum atomic E-state index is 12.5. The van der Waals surface area contributed by atoms with Gasteiger partial charge in [0.2, 0.25) is 0 Å². The number of rotatable bonds is 5. The summed E-state index contributed by atoms with van der Waals surface area (Å²) < 4.78 is 5.62. The molecule has 3 heteroatoms. The molecule has 2 saturated heterocycles. The number of nitrogens with zero attached hydrogens (tertiary/aromatic N) is 1. The Bertz CT molecular complexity index is 459. The second kappa shape index (κ2) is 6.71. The summed E-state index contributed by atoms with van der Waals surface area (Å²) in [5.74, 6) is 0.729. The first-order chi connectivity index (χ1) is 10.2. The molecular formula is C18H25NO2. The van der Waals surface area contributed by atoms with Crippen molar-refractivity contribution < 1.29 is 9.53 Å². The van der Waals surface area contributed by atoms with Crippen molar-refractivity contribution in [3.63, 3.8) is 0 Å². The van der Waals surface area contributed by atoms with Gasteiger partial charge in [0.05, 0.1) is 13.2 Å². The fourth-order valence-electron chi connectivity index (χ4n) is 3.67. The van der Waals surface area contributed by atoms with Gasteiger partial charge in [-0.2, -0.15) is 0 Å². The zero-order valence-corrected chi connectivity index (χ0v) is 12.8. The van der Waals surface area contributed by atoms with Crippen molar-refractivity contribution in [1.82, 2.24) is 4.90 Å². The minimum Gasteiger partial charge on any atom is -0.378 e. The van der Waals surface area contributed by atoms with Crippen molar-refractivity contribution in [2.75, 3.05) is 20.3 Å². The van der Waals surface area contributed by atoms with Gasteiger partial charge in [0.1, 0.15) is 5.78 Å². The molecule has 3 rings (SSSR count). The molecule has 3 nitrogen and oxygen atoms in total. The molecule has 0 saturated carbocycles. The third kappa shape index (κ3) is 3.53. The number of piperidine rings is 1. The van der Waals surface area contributed by atoms with Crippen LogP contribution in [0.25, 0.3) is 0 Å². The number of carbonyl (C=O) groups is 1. The molecule has 2 bridgehead atoms. The summed E-state index contributed by atoms with van der Waals surface area (Å²) in [5.41, 5.74) is 1.33. The molecule has 0 N–H and O–H groups in total. The Morgan fingerprint density at radius 3 is 2.52 bits per heavy atom. The Morgan fingerprint density at radius 2 is 1.86 bits per heavy atom. The summed E-state index contributed by atoms with van der Waals surface area (Å²) in [6.07, 6.45) is 4.67. The molecule has 0 aliphatic carbocycles. The number of likely N-dealkylation sites (N-methyl/N-ethyl adjacent to an activating group) is 1. The Balaban J connectivity index is 1.47. The lowest BCUT2D eigenvalue weighted by molar-refractivity contribution is -0.131. The van der Waals surface area contributed by atoms with Crippen molar-refractivity contribution in [1.29, 1.82) is 0 Å². The standard InChI is InChI=1S/C18H25NO2/c1-19-16-10-15(11-17(19)13-21-12-16)18(20)9-5-8-14-6-3-2-4-7-14/h2-4,6-7,15-17H,5,8-13H2,1H3. The van der Waals surface area contributed by atoms with Gasteiger partial charge in [-0.05, 0) is 38.3 Å². The highest BCUT2D eigenvalue weighted by Crippen LogP contribution is 2.31. The minimum atomic E-state index is 0.260. The number of Topliss-reactive ketones (excluding diaryl/α,β-unsaturated/α-hetero) is 1. The maximum Gasteiger partial charge on any atom is 0.136 e. The molecule has 2 fully saturated rings. The van der Waals surface area contributed by atoms with Crippen LogP contribution in [0, 0.1) is 5.92 Å². The predicted molar refractivity (Wildman–Crippen MR) is 83.3 cm³/mol. The number of fused-ring (bicyclic) bond motifs is 2. The predicted octanol–water partition coefficient (Wildman–Crippen LogP) is 2.69. The van der Waals surface area contributed by atoms with Gasteiger partial charge >= 0.3 is 0 Å². The van der Waals surface area contributed by atoms with Crippen LogP contribution < -0.4 is 0 Å². The molecular weight excluding hydrogens is 262 g/mol. The molecule has 2 aliphatic heterocycles. The number of ketones is 1. The van der Waals surface area contributed by atoms with Gasteiger partial charge in [0.15, 0.2) is 0 Å². The number of benzene rings is 1.